The summed E-state index contributed by atoms with van der Waals surface area (Å²) in [6.07, 6.45) is 2.70. The number of hydrogen-bond acceptors (Lipinski definition) is 3. The Kier molecular flexibility index (Phi) is 5.22. The van der Waals surface area contributed by atoms with Gasteiger partial charge in [0.2, 0.25) is 0 Å². The minimum absolute atomic E-state index is 0.0257. The van der Waals surface area contributed by atoms with Gasteiger partial charge >= 0.3 is 0 Å². The first-order valence-electron chi connectivity index (χ1n) is 8.46. The van der Waals surface area contributed by atoms with E-state index in [0.717, 1.165) is 25.6 Å². The Morgan fingerprint density at radius 2 is 1.79 bits per heavy atom. The zero-order chi connectivity index (χ0) is 17.3. The Bertz CT molecular complexity index is 606. The van der Waals surface area contributed by atoms with Crippen molar-refractivity contribution in [2.75, 3.05) is 24.4 Å². The first kappa shape index (κ1) is 17.4. The van der Waals surface area contributed by atoms with Gasteiger partial charge in [-0.2, -0.15) is 0 Å². The average Bonchev–Trinajstić information content (AvgIpc) is 3.30. The quantitative estimate of drug-likeness (QED) is 0.798. The highest BCUT2D eigenvalue weighted by atomic mass is 32.2. The van der Waals surface area contributed by atoms with Crippen molar-refractivity contribution in [3.63, 3.8) is 0 Å². The summed E-state index contributed by atoms with van der Waals surface area (Å²) in [6.45, 7) is 7.23. The molecule has 132 valence electrons. The summed E-state index contributed by atoms with van der Waals surface area (Å²) < 4.78 is 22.0. The van der Waals surface area contributed by atoms with Crippen LogP contribution in [0, 0.1) is 5.92 Å². The number of carbonyl (C=O) groups is 1. The second-order valence-electron chi connectivity index (χ2n) is 7.00. The van der Waals surface area contributed by atoms with Gasteiger partial charge in [-0.3, -0.25) is 19.0 Å². The monoisotopic (exact) mass is 351 g/mol. The fourth-order valence-corrected chi connectivity index (χ4v) is 3.92. The van der Waals surface area contributed by atoms with Crippen LogP contribution in [0.25, 0.3) is 0 Å². The SMILES string of the molecule is CC1CN(CC2CC2)CC(C)N1C(=O)c1ccc(NS(=O)O)cc1. The number of nitrogens with one attached hydrogen (secondary N) is 1. The first-order chi connectivity index (χ1) is 11.4. The lowest BCUT2D eigenvalue weighted by Gasteiger charge is -2.44. The van der Waals surface area contributed by atoms with Crippen LogP contribution >= 0.6 is 0 Å². The summed E-state index contributed by atoms with van der Waals surface area (Å²) in [5.74, 6) is 0.890. The Morgan fingerprint density at radius 1 is 1.21 bits per heavy atom. The van der Waals surface area contributed by atoms with E-state index in [2.05, 4.69) is 23.5 Å². The van der Waals surface area contributed by atoms with Crippen LogP contribution in [-0.4, -0.2) is 56.2 Å². The summed E-state index contributed by atoms with van der Waals surface area (Å²) in [6, 6.07) is 7.08. The van der Waals surface area contributed by atoms with Crippen LogP contribution < -0.4 is 4.72 Å². The maximum absolute atomic E-state index is 12.9. The number of hydrogen-bond donors (Lipinski definition) is 2. The second-order valence-corrected chi connectivity index (χ2v) is 7.70. The van der Waals surface area contributed by atoms with Crippen LogP contribution in [0.3, 0.4) is 0 Å². The summed E-state index contributed by atoms with van der Waals surface area (Å²) in [5.41, 5.74) is 1.13. The summed E-state index contributed by atoms with van der Waals surface area (Å²) in [7, 11) is 0. The average molecular weight is 351 g/mol. The minimum Gasteiger partial charge on any atom is -0.331 e. The van der Waals surface area contributed by atoms with Crippen molar-refractivity contribution in [3.8, 4) is 0 Å². The molecular weight excluding hydrogens is 326 g/mol. The van der Waals surface area contributed by atoms with E-state index in [-0.39, 0.29) is 18.0 Å². The molecule has 1 aromatic carbocycles. The third kappa shape index (κ3) is 4.15. The summed E-state index contributed by atoms with van der Waals surface area (Å²) in [5, 5.41) is 0. The molecule has 1 aliphatic carbocycles. The normalized spacial score (nSPS) is 26.2. The van der Waals surface area contributed by atoms with Crippen LogP contribution in [0.5, 0.6) is 0 Å². The van der Waals surface area contributed by atoms with E-state index >= 15 is 0 Å². The summed E-state index contributed by atoms with van der Waals surface area (Å²) >= 11 is -2.10. The Morgan fingerprint density at radius 3 is 2.29 bits per heavy atom. The Balaban J connectivity index is 1.66. The van der Waals surface area contributed by atoms with E-state index in [1.165, 1.54) is 12.8 Å². The maximum atomic E-state index is 12.9. The van der Waals surface area contributed by atoms with Crippen molar-refractivity contribution >= 4 is 22.9 Å². The van der Waals surface area contributed by atoms with E-state index < -0.39 is 11.3 Å². The van der Waals surface area contributed by atoms with E-state index in [0.29, 0.717) is 11.3 Å². The van der Waals surface area contributed by atoms with Crippen molar-refractivity contribution < 1.29 is 13.6 Å². The molecule has 1 aromatic rings. The van der Waals surface area contributed by atoms with Crippen molar-refractivity contribution in [1.82, 2.24) is 9.80 Å². The molecule has 3 rings (SSSR count). The number of carbonyl (C=O) groups excluding carboxylic acids is 1. The molecule has 1 heterocycles. The van der Waals surface area contributed by atoms with E-state index in [1.807, 2.05) is 4.90 Å². The van der Waals surface area contributed by atoms with E-state index in [9.17, 15) is 9.00 Å². The molecule has 1 saturated heterocycles. The smallest absolute Gasteiger partial charge is 0.259 e. The number of rotatable bonds is 5. The summed E-state index contributed by atoms with van der Waals surface area (Å²) in [4.78, 5) is 17.3. The highest BCUT2D eigenvalue weighted by molar-refractivity contribution is 7.80. The van der Waals surface area contributed by atoms with Gasteiger partial charge in [-0.05, 0) is 56.9 Å². The molecule has 1 amide bonds. The standard InChI is InChI=1S/C17H25N3O3S/c1-12-9-19(11-14-3-4-14)10-13(2)20(12)17(21)15-5-7-16(8-6-15)18-24(22)23/h5-8,12-14,18H,3-4,9-11H2,1-2H3,(H,22,23). The van der Waals surface area contributed by atoms with Crippen LogP contribution in [0.15, 0.2) is 24.3 Å². The third-order valence-electron chi connectivity index (χ3n) is 4.78. The van der Waals surface area contributed by atoms with E-state index in [4.69, 9.17) is 4.55 Å². The lowest BCUT2D eigenvalue weighted by Crippen LogP contribution is -2.58. The number of amides is 1. The van der Waals surface area contributed by atoms with Gasteiger partial charge in [0, 0.05) is 43.0 Å². The largest absolute Gasteiger partial charge is 0.331 e. The molecule has 1 saturated carbocycles. The zero-order valence-corrected chi connectivity index (χ0v) is 15.0. The molecule has 1 aliphatic heterocycles. The molecule has 3 unspecified atom stereocenters. The van der Waals surface area contributed by atoms with Gasteiger partial charge < -0.3 is 4.90 Å². The minimum atomic E-state index is -2.10. The van der Waals surface area contributed by atoms with Gasteiger partial charge in [-0.15, -0.1) is 0 Å². The zero-order valence-electron chi connectivity index (χ0n) is 14.1. The molecule has 2 N–H and O–H groups in total. The number of piperazine rings is 1. The number of anilines is 1. The maximum Gasteiger partial charge on any atom is 0.259 e. The van der Waals surface area contributed by atoms with E-state index in [1.54, 1.807) is 24.3 Å². The van der Waals surface area contributed by atoms with Crippen LogP contribution in [-0.2, 0) is 11.3 Å². The molecule has 24 heavy (non-hydrogen) atoms. The van der Waals surface area contributed by atoms with Crippen molar-refractivity contribution in [2.24, 2.45) is 5.92 Å². The predicted molar refractivity (Wildman–Crippen MR) is 95.1 cm³/mol. The van der Waals surface area contributed by atoms with Crippen LogP contribution in [0.2, 0.25) is 0 Å². The number of nitrogens with zero attached hydrogens (tertiary/aromatic N) is 2. The fraction of sp³-hybridized carbons (Fsp3) is 0.588. The molecule has 3 atom stereocenters. The van der Waals surface area contributed by atoms with Gasteiger partial charge in [-0.1, -0.05) is 0 Å². The predicted octanol–water partition coefficient (Wildman–Crippen LogP) is 2.18. The van der Waals surface area contributed by atoms with Gasteiger partial charge in [0.1, 0.15) is 0 Å². The number of benzene rings is 1. The van der Waals surface area contributed by atoms with Gasteiger partial charge in [0.15, 0.2) is 0 Å². The van der Waals surface area contributed by atoms with Crippen LogP contribution in [0.4, 0.5) is 5.69 Å². The Labute approximate surface area is 145 Å². The molecule has 2 aliphatic rings. The highest BCUT2D eigenvalue weighted by Gasteiger charge is 2.35. The molecule has 2 fully saturated rings. The lowest BCUT2D eigenvalue weighted by molar-refractivity contribution is 0.0278. The molecule has 0 bridgehead atoms. The van der Waals surface area contributed by atoms with Crippen molar-refractivity contribution in [3.05, 3.63) is 29.8 Å². The van der Waals surface area contributed by atoms with Gasteiger partial charge in [-0.25, -0.2) is 4.21 Å². The molecule has 0 aromatic heterocycles. The second kappa shape index (κ2) is 7.21. The first-order valence-corrected chi connectivity index (χ1v) is 9.57. The van der Waals surface area contributed by atoms with Crippen LogP contribution in [0.1, 0.15) is 37.0 Å². The topological polar surface area (TPSA) is 72.9 Å². The Hall–Kier alpha value is -1.44. The fourth-order valence-electron chi connectivity index (χ4n) is 3.58. The van der Waals surface area contributed by atoms with Gasteiger partial charge in [0.05, 0.1) is 0 Å². The third-order valence-corrected chi connectivity index (χ3v) is 5.19. The highest BCUT2D eigenvalue weighted by Crippen LogP contribution is 2.31. The molecular formula is C17H25N3O3S. The van der Waals surface area contributed by atoms with Gasteiger partial charge in [0.25, 0.3) is 17.2 Å². The molecule has 6 nitrogen and oxygen atoms in total. The lowest BCUT2D eigenvalue weighted by atomic mass is 10.0. The molecule has 0 radical (unpaired) electrons. The van der Waals surface area contributed by atoms with Crippen molar-refractivity contribution in [2.45, 2.75) is 38.8 Å². The van der Waals surface area contributed by atoms with Crippen molar-refractivity contribution in [1.29, 1.82) is 0 Å². The molecule has 0 spiro atoms. The molecule has 7 heteroatoms.